The maximum absolute atomic E-state index is 12.2. The molecule has 2 fully saturated rings. The summed E-state index contributed by atoms with van der Waals surface area (Å²) in [5, 5.41) is 6.18. The van der Waals surface area contributed by atoms with Crippen LogP contribution in [0, 0.1) is 0 Å². The number of halogens is 1. The number of carbonyl (C=O) groups is 2. The number of rotatable bonds is 5. The van der Waals surface area contributed by atoms with Crippen molar-refractivity contribution in [1.82, 2.24) is 15.5 Å². The van der Waals surface area contributed by atoms with Gasteiger partial charge in [-0.2, -0.15) is 0 Å². The molecule has 1 aromatic carbocycles. The zero-order chi connectivity index (χ0) is 16.1. The monoisotopic (exact) mass is 353 g/mol. The fraction of sp³-hybridized carbons (Fsp3) is 0.529. The SMILES string of the molecule is Cl.O=C(COc1ccccc1)NCC(=O)N1CCC2CCC(C1)N2. The molecule has 2 aliphatic rings. The molecule has 0 aliphatic carbocycles. The standard InChI is InChI=1S/C17H23N3O3.ClH/c21-16(12-23-15-4-2-1-3-5-15)18-10-17(22)20-9-8-13-6-7-14(11-20)19-13;/h1-5,13-14,19H,6-12H2,(H,18,21);1H. The predicted octanol–water partition coefficient (Wildman–Crippen LogP) is 0.956. The van der Waals surface area contributed by atoms with Gasteiger partial charge < -0.3 is 20.3 Å². The Morgan fingerprint density at radius 1 is 1.17 bits per heavy atom. The molecule has 2 atom stereocenters. The molecule has 2 saturated heterocycles. The molecule has 2 unspecified atom stereocenters. The summed E-state index contributed by atoms with van der Waals surface area (Å²) in [6.45, 7) is 1.47. The van der Waals surface area contributed by atoms with E-state index in [0.29, 0.717) is 17.8 Å². The van der Waals surface area contributed by atoms with E-state index in [1.165, 1.54) is 6.42 Å². The van der Waals surface area contributed by atoms with Crippen molar-refractivity contribution in [3.8, 4) is 5.75 Å². The summed E-state index contributed by atoms with van der Waals surface area (Å²) in [4.78, 5) is 25.9. The van der Waals surface area contributed by atoms with Crippen LogP contribution in [0.25, 0.3) is 0 Å². The summed E-state index contributed by atoms with van der Waals surface area (Å²) in [5.74, 6) is 0.340. The third-order valence-corrected chi connectivity index (χ3v) is 4.43. The van der Waals surface area contributed by atoms with E-state index in [4.69, 9.17) is 4.74 Å². The summed E-state index contributed by atoms with van der Waals surface area (Å²) in [5.41, 5.74) is 0. The van der Waals surface area contributed by atoms with E-state index in [1.54, 1.807) is 12.1 Å². The fourth-order valence-electron chi connectivity index (χ4n) is 3.17. The summed E-state index contributed by atoms with van der Waals surface area (Å²) >= 11 is 0. The van der Waals surface area contributed by atoms with Gasteiger partial charge in [0.05, 0.1) is 6.54 Å². The van der Waals surface area contributed by atoms with Gasteiger partial charge in [-0.05, 0) is 31.4 Å². The number of likely N-dealkylation sites (tertiary alicyclic amines) is 1. The molecule has 2 bridgehead atoms. The highest BCUT2D eigenvalue weighted by Gasteiger charge is 2.30. The van der Waals surface area contributed by atoms with Crippen molar-refractivity contribution in [3.05, 3.63) is 30.3 Å². The molecule has 2 heterocycles. The van der Waals surface area contributed by atoms with Gasteiger partial charge in [-0.15, -0.1) is 12.4 Å². The van der Waals surface area contributed by atoms with Crippen molar-refractivity contribution in [2.75, 3.05) is 26.2 Å². The van der Waals surface area contributed by atoms with Crippen LogP contribution in [0.15, 0.2) is 30.3 Å². The summed E-state index contributed by atoms with van der Waals surface area (Å²) < 4.78 is 5.36. The second-order valence-corrected chi connectivity index (χ2v) is 6.14. The van der Waals surface area contributed by atoms with Crippen LogP contribution in [0.5, 0.6) is 5.75 Å². The number of para-hydroxylation sites is 1. The number of nitrogens with one attached hydrogen (secondary N) is 2. The van der Waals surface area contributed by atoms with Gasteiger partial charge in [0.25, 0.3) is 5.91 Å². The highest BCUT2D eigenvalue weighted by molar-refractivity contribution is 5.85. The van der Waals surface area contributed by atoms with Crippen molar-refractivity contribution in [2.24, 2.45) is 0 Å². The number of amides is 2. The van der Waals surface area contributed by atoms with E-state index in [1.807, 2.05) is 23.1 Å². The summed E-state index contributed by atoms with van der Waals surface area (Å²) in [6, 6.07) is 10.1. The van der Waals surface area contributed by atoms with Crippen molar-refractivity contribution in [3.63, 3.8) is 0 Å². The lowest BCUT2D eigenvalue weighted by molar-refractivity contribution is -0.133. The van der Waals surface area contributed by atoms with Crippen LogP contribution in [0.2, 0.25) is 0 Å². The Morgan fingerprint density at radius 3 is 2.71 bits per heavy atom. The molecule has 3 rings (SSSR count). The molecule has 0 saturated carbocycles. The van der Waals surface area contributed by atoms with Crippen molar-refractivity contribution >= 4 is 24.2 Å². The molecule has 0 spiro atoms. The zero-order valence-corrected chi connectivity index (χ0v) is 14.4. The first-order valence-electron chi connectivity index (χ1n) is 8.19. The van der Waals surface area contributed by atoms with Gasteiger partial charge in [-0.25, -0.2) is 0 Å². The number of carbonyl (C=O) groups excluding carboxylic acids is 2. The first-order valence-corrected chi connectivity index (χ1v) is 8.19. The minimum absolute atomic E-state index is 0. The first-order chi connectivity index (χ1) is 11.2. The van der Waals surface area contributed by atoms with E-state index in [9.17, 15) is 9.59 Å². The lowest BCUT2D eigenvalue weighted by Gasteiger charge is -2.24. The van der Waals surface area contributed by atoms with Crippen molar-refractivity contribution in [1.29, 1.82) is 0 Å². The zero-order valence-electron chi connectivity index (χ0n) is 13.6. The molecule has 2 N–H and O–H groups in total. The Hall–Kier alpha value is -1.79. The molecule has 0 radical (unpaired) electrons. The quantitative estimate of drug-likeness (QED) is 0.827. The lowest BCUT2D eigenvalue weighted by Crippen LogP contribution is -2.44. The second kappa shape index (κ2) is 8.89. The van der Waals surface area contributed by atoms with E-state index < -0.39 is 0 Å². The molecule has 7 heteroatoms. The number of nitrogens with zero attached hydrogens (tertiary/aromatic N) is 1. The first kappa shape index (κ1) is 18.5. The van der Waals surface area contributed by atoms with Crippen molar-refractivity contribution < 1.29 is 14.3 Å². The Balaban J connectivity index is 0.00000208. The Kier molecular flexibility index (Phi) is 6.87. The van der Waals surface area contributed by atoms with Crippen LogP contribution in [0.3, 0.4) is 0 Å². The Labute approximate surface area is 148 Å². The molecular formula is C17H24ClN3O3. The third kappa shape index (κ3) is 5.11. The molecule has 1 aromatic rings. The van der Waals surface area contributed by atoms with Gasteiger partial charge in [0.1, 0.15) is 5.75 Å². The topological polar surface area (TPSA) is 70.7 Å². The van der Waals surface area contributed by atoms with E-state index >= 15 is 0 Å². The van der Waals surface area contributed by atoms with Crippen LogP contribution >= 0.6 is 12.4 Å². The number of ether oxygens (including phenoxy) is 1. The molecule has 2 aliphatic heterocycles. The van der Waals surface area contributed by atoms with Gasteiger partial charge in [0.15, 0.2) is 6.61 Å². The normalized spacial score (nSPS) is 22.2. The minimum atomic E-state index is -0.281. The van der Waals surface area contributed by atoms with E-state index in [-0.39, 0.29) is 37.4 Å². The molecule has 132 valence electrons. The van der Waals surface area contributed by atoms with Crippen LogP contribution in [-0.2, 0) is 9.59 Å². The lowest BCUT2D eigenvalue weighted by atomic mass is 10.1. The minimum Gasteiger partial charge on any atom is -0.484 e. The molecule has 2 amide bonds. The van der Waals surface area contributed by atoms with Gasteiger partial charge in [0, 0.05) is 25.2 Å². The van der Waals surface area contributed by atoms with E-state index in [0.717, 1.165) is 25.9 Å². The molecule has 0 aromatic heterocycles. The van der Waals surface area contributed by atoms with Crippen LogP contribution in [0.1, 0.15) is 19.3 Å². The Bertz CT molecular complexity index is 555. The van der Waals surface area contributed by atoms with E-state index in [2.05, 4.69) is 10.6 Å². The van der Waals surface area contributed by atoms with Gasteiger partial charge in [0.2, 0.25) is 5.91 Å². The average Bonchev–Trinajstić information content (AvgIpc) is 2.90. The largest absolute Gasteiger partial charge is 0.484 e. The van der Waals surface area contributed by atoms with Gasteiger partial charge in [-0.1, -0.05) is 18.2 Å². The second-order valence-electron chi connectivity index (χ2n) is 6.14. The van der Waals surface area contributed by atoms with Crippen LogP contribution in [-0.4, -0.2) is 55.0 Å². The maximum atomic E-state index is 12.2. The molecule has 24 heavy (non-hydrogen) atoms. The van der Waals surface area contributed by atoms with Crippen LogP contribution < -0.4 is 15.4 Å². The number of hydrogen-bond donors (Lipinski definition) is 2. The summed E-state index contributed by atoms with van der Waals surface area (Å²) in [6.07, 6.45) is 3.33. The number of fused-ring (bicyclic) bond motifs is 2. The highest BCUT2D eigenvalue weighted by Crippen LogP contribution is 2.20. The van der Waals surface area contributed by atoms with Gasteiger partial charge in [-0.3, -0.25) is 9.59 Å². The maximum Gasteiger partial charge on any atom is 0.258 e. The predicted molar refractivity (Wildman–Crippen MR) is 93.3 cm³/mol. The average molecular weight is 354 g/mol. The van der Waals surface area contributed by atoms with Crippen molar-refractivity contribution in [2.45, 2.75) is 31.3 Å². The van der Waals surface area contributed by atoms with Gasteiger partial charge >= 0.3 is 0 Å². The third-order valence-electron chi connectivity index (χ3n) is 4.43. The Morgan fingerprint density at radius 2 is 1.92 bits per heavy atom. The molecule has 6 nitrogen and oxygen atoms in total. The molecular weight excluding hydrogens is 330 g/mol. The smallest absolute Gasteiger partial charge is 0.258 e. The number of hydrogen-bond acceptors (Lipinski definition) is 4. The number of benzene rings is 1. The van der Waals surface area contributed by atoms with Crippen LogP contribution in [0.4, 0.5) is 0 Å². The summed E-state index contributed by atoms with van der Waals surface area (Å²) in [7, 11) is 0. The highest BCUT2D eigenvalue weighted by atomic mass is 35.5. The fourth-order valence-corrected chi connectivity index (χ4v) is 3.17.